The summed E-state index contributed by atoms with van der Waals surface area (Å²) in [6.07, 6.45) is 3.50. The van der Waals surface area contributed by atoms with Gasteiger partial charge in [-0.1, -0.05) is 50.2 Å². The van der Waals surface area contributed by atoms with Crippen molar-refractivity contribution < 1.29 is 40.2 Å². The average Bonchev–Trinajstić information content (AvgIpc) is 3.41. The highest BCUT2D eigenvalue weighted by Crippen LogP contribution is 2.32. The minimum absolute atomic E-state index is 0.00569. The van der Waals surface area contributed by atoms with Crippen LogP contribution in [0.5, 0.6) is 5.75 Å². The van der Waals surface area contributed by atoms with Crippen molar-refractivity contribution >= 4 is 27.8 Å². The molecule has 13 heteroatoms. The highest BCUT2D eigenvalue weighted by molar-refractivity contribution is 7.88. The number of hydrogen-bond donors (Lipinski definition) is 2. The number of likely N-dealkylation sites (tertiary alicyclic amines) is 1. The summed E-state index contributed by atoms with van der Waals surface area (Å²) in [6.45, 7) is 3.42. The maximum atomic E-state index is 13.9. The van der Waals surface area contributed by atoms with Crippen LogP contribution in [0.2, 0.25) is 0 Å². The smallest absolute Gasteiger partial charge is 0.376 e. The lowest BCUT2D eigenvalue weighted by atomic mass is 9.87. The predicted octanol–water partition coefficient (Wildman–Crippen LogP) is 3.91. The number of aryl methyl sites for hydroxylation is 1. The van der Waals surface area contributed by atoms with Gasteiger partial charge in [-0.25, -0.2) is 0 Å². The fraction of sp³-hybridized carbons (Fsp3) is 0.464. The van der Waals surface area contributed by atoms with Gasteiger partial charge in [0, 0.05) is 12.5 Å². The molecule has 0 radical (unpaired) electrons. The number of carbonyl (C=O) groups is 3. The van der Waals surface area contributed by atoms with Gasteiger partial charge in [-0.2, -0.15) is 21.6 Å². The number of benzene rings is 2. The highest BCUT2D eigenvalue weighted by Gasteiger charge is 2.48. The number of amides is 3. The molecule has 1 heterocycles. The van der Waals surface area contributed by atoms with Gasteiger partial charge < -0.3 is 19.7 Å². The van der Waals surface area contributed by atoms with Crippen LogP contribution in [0.3, 0.4) is 0 Å². The molecule has 3 amide bonds. The fourth-order valence-corrected chi connectivity index (χ4v) is 5.61. The Kier molecular flexibility index (Phi) is 8.95. The van der Waals surface area contributed by atoms with Crippen molar-refractivity contribution in [3.8, 4) is 5.75 Å². The van der Waals surface area contributed by atoms with Crippen molar-refractivity contribution in [2.45, 2.75) is 69.6 Å². The molecule has 4 rings (SSSR count). The van der Waals surface area contributed by atoms with Crippen LogP contribution in [0.25, 0.3) is 0 Å². The van der Waals surface area contributed by atoms with Gasteiger partial charge in [0.25, 0.3) is 0 Å². The molecule has 1 fully saturated rings. The first-order valence-electron chi connectivity index (χ1n) is 13.4. The number of nitrogens with zero attached hydrogens (tertiary/aromatic N) is 1. The number of alkyl halides is 3. The molecule has 222 valence electrons. The molecule has 0 spiro atoms. The molecule has 0 aromatic heterocycles. The number of halogens is 3. The monoisotopic (exact) mass is 595 g/mol. The minimum atomic E-state index is -5.96. The van der Waals surface area contributed by atoms with Gasteiger partial charge in [0.1, 0.15) is 17.8 Å². The molecule has 2 aromatic carbocycles. The molecule has 2 aromatic rings. The molecule has 1 aliphatic heterocycles. The molecule has 2 aliphatic rings. The molecule has 41 heavy (non-hydrogen) atoms. The Hall–Kier alpha value is -3.61. The normalized spacial score (nSPS) is 19.8. The lowest BCUT2D eigenvalue weighted by molar-refractivity contribution is -0.142. The van der Waals surface area contributed by atoms with E-state index in [1.807, 2.05) is 24.3 Å². The zero-order valence-electron chi connectivity index (χ0n) is 22.6. The van der Waals surface area contributed by atoms with Gasteiger partial charge in [-0.15, -0.1) is 0 Å². The van der Waals surface area contributed by atoms with E-state index in [0.29, 0.717) is 12.8 Å². The largest absolute Gasteiger partial charge is 0.534 e. The summed E-state index contributed by atoms with van der Waals surface area (Å²) in [5, 5.41) is 5.67. The quantitative estimate of drug-likeness (QED) is 0.353. The summed E-state index contributed by atoms with van der Waals surface area (Å²) in [6, 6.07) is 9.97. The van der Waals surface area contributed by atoms with Crippen LogP contribution in [-0.2, 0) is 30.9 Å². The third-order valence-corrected chi connectivity index (χ3v) is 8.24. The van der Waals surface area contributed by atoms with E-state index in [9.17, 15) is 36.0 Å². The number of hydrogen-bond acceptors (Lipinski definition) is 6. The Labute approximate surface area is 236 Å². The number of fused-ring (bicyclic) bond motifs is 1. The Morgan fingerprint density at radius 2 is 1.76 bits per heavy atom. The van der Waals surface area contributed by atoms with Crippen molar-refractivity contribution in [1.29, 1.82) is 0 Å². The van der Waals surface area contributed by atoms with E-state index in [0.717, 1.165) is 42.5 Å². The second kappa shape index (κ2) is 12.1. The van der Waals surface area contributed by atoms with E-state index in [2.05, 4.69) is 14.8 Å². The molecular formula is C28H32F3N3O6S. The predicted molar refractivity (Wildman–Crippen MR) is 143 cm³/mol. The third kappa shape index (κ3) is 6.83. The molecule has 9 nitrogen and oxygen atoms in total. The first kappa shape index (κ1) is 30.4. The van der Waals surface area contributed by atoms with E-state index in [-0.39, 0.29) is 24.1 Å². The van der Waals surface area contributed by atoms with Crippen LogP contribution < -0.4 is 14.8 Å². The van der Waals surface area contributed by atoms with E-state index in [1.54, 1.807) is 13.8 Å². The number of nitrogens with one attached hydrogen (secondary N) is 2. The average molecular weight is 596 g/mol. The zero-order valence-corrected chi connectivity index (χ0v) is 23.4. The lowest BCUT2D eigenvalue weighted by Crippen LogP contribution is -2.51. The maximum Gasteiger partial charge on any atom is 0.534 e. The van der Waals surface area contributed by atoms with Crippen molar-refractivity contribution in [3.05, 3.63) is 65.2 Å². The Bertz CT molecular complexity index is 1410. The topological polar surface area (TPSA) is 122 Å². The molecule has 0 bridgehead atoms. The van der Waals surface area contributed by atoms with Crippen LogP contribution in [0.4, 0.5) is 13.2 Å². The van der Waals surface area contributed by atoms with Gasteiger partial charge in [-0.05, 0) is 60.9 Å². The lowest BCUT2D eigenvalue weighted by Gasteiger charge is -2.32. The summed E-state index contributed by atoms with van der Waals surface area (Å²) in [5.74, 6) is -2.71. The van der Waals surface area contributed by atoms with Gasteiger partial charge in [0.05, 0.1) is 6.04 Å². The first-order chi connectivity index (χ1) is 19.3. The molecule has 3 atom stereocenters. The Morgan fingerprint density at radius 1 is 1.02 bits per heavy atom. The summed E-state index contributed by atoms with van der Waals surface area (Å²) in [7, 11) is -5.96. The van der Waals surface area contributed by atoms with E-state index >= 15 is 0 Å². The van der Waals surface area contributed by atoms with Crippen LogP contribution in [0, 0.1) is 5.92 Å². The summed E-state index contributed by atoms with van der Waals surface area (Å²) < 4.78 is 65.9. The number of rotatable bonds is 8. The second-order valence-electron chi connectivity index (χ2n) is 10.5. The molecule has 0 saturated carbocycles. The van der Waals surface area contributed by atoms with Crippen molar-refractivity contribution in [2.24, 2.45) is 5.92 Å². The van der Waals surface area contributed by atoms with Crippen LogP contribution in [0.1, 0.15) is 68.3 Å². The second-order valence-corrected chi connectivity index (χ2v) is 12.0. The van der Waals surface area contributed by atoms with Gasteiger partial charge in [0.2, 0.25) is 17.7 Å². The molecule has 0 unspecified atom stereocenters. The molecule has 1 saturated heterocycles. The fourth-order valence-electron chi connectivity index (χ4n) is 5.16. The molecular weight excluding hydrogens is 563 g/mol. The van der Waals surface area contributed by atoms with Crippen LogP contribution >= 0.6 is 0 Å². The maximum absolute atomic E-state index is 13.9. The zero-order chi connectivity index (χ0) is 29.9. The highest BCUT2D eigenvalue weighted by atomic mass is 32.2. The summed E-state index contributed by atoms with van der Waals surface area (Å²) in [5.41, 5.74) is -3.45. The van der Waals surface area contributed by atoms with Crippen LogP contribution in [0.15, 0.2) is 48.5 Å². The van der Waals surface area contributed by atoms with Crippen molar-refractivity contribution in [1.82, 2.24) is 15.5 Å². The summed E-state index contributed by atoms with van der Waals surface area (Å²) in [4.78, 5) is 41.3. The van der Waals surface area contributed by atoms with Crippen molar-refractivity contribution in [3.63, 3.8) is 0 Å². The van der Waals surface area contributed by atoms with Gasteiger partial charge in [-0.3, -0.25) is 14.4 Å². The molecule has 1 aliphatic carbocycles. The SMILES string of the molecule is CC(C)C(=O)N[C@H](C(=O)N1CCC[C@H]1C(=O)N[C@@H]1CCCc2ccccc21)c1cccc(OS(=O)(=O)C(F)(F)F)c1. The van der Waals surface area contributed by atoms with Crippen LogP contribution in [-0.4, -0.2) is 49.1 Å². The standard InChI is InChI=1S/C28H32F3N3O6S/c1-17(2)25(35)33-24(19-10-5-11-20(16-19)40-41(38,39)28(29,30)31)27(37)34-15-7-14-23(34)26(36)32-22-13-6-9-18-8-3-4-12-21(18)22/h3-5,8,10-12,16-17,22-24H,6-7,9,13-15H2,1-2H3,(H,32,36)(H,33,35)/t22-,23+,24+/m1/s1. The van der Waals surface area contributed by atoms with Gasteiger partial charge in [0.15, 0.2) is 0 Å². The van der Waals surface area contributed by atoms with E-state index in [4.69, 9.17) is 0 Å². The molecule has 2 N–H and O–H groups in total. The van der Waals surface area contributed by atoms with E-state index in [1.165, 1.54) is 17.0 Å². The Balaban J connectivity index is 1.58. The van der Waals surface area contributed by atoms with Crippen molar-refractivity contribution in [2.75, 3.05) is 6.54 Å². The number of carbonyl (C=O) groups excluding carboxylic acids is 3. The minimum Gasteiger partial charge on any atom is -0.376 e. The Morgan fingerprint density at radius 3 is 2.46 bits per heavy atom. The van der Waals surface area contributed by atoms with E-state index < -0.39 is 51.2 Å². The van der Waals surface area contributed by atoms with Gasteiger partial charge >= 0.3 is 15.6 Å². The first-order valence-corrected chi connectivity index (χ1v) is 14.8. The summed E-state index contributed by atoms with van der Waals surface area (Å²) >= 11 is 0. The third-order valence-electron chi connectivity index (χ3n) is 7.26.